The topological polar surface area (TPSA) is 78.5 Å². The number of aryl methyl sites for hydroxylation is 1. The van der Waals surface area contributed by atoms with Gasteiger partial charge in [-0.3, -0.25) is 4.79 Å². The van der Waals surface area contributed by atoms with E-state index in [1.807, 2.05) is 25.1 Å². The van der Waals surface area contributed by atoms with E-state index in [1.165, 1.54) is 0 Å². The van der Waals surface area contributed by atoms with E-state index in [2.05, 4.69) is 26.1 Å². The van der Waals surface area contributed by atoms with Crippen molar-refractivity contribution in [1.82, 2.24) is 5.32 Å². The van der Waals surface area contributed by atoms with Crippen molar-refractivity contribution < 1.29 is 19.4 Å². The Balaban J connectivity index is 2.80. The van der Waals surface area contributed by atoms with Crippen LogP contribution in [-0.2, 0) is 15.0 Å². The number of rotatable bonds is 6. The summed E-state index contributed by atoms with van der Waals surface area (Å²) in [6.45, 7) is 11.3. The number of aliphatic carboxylic acids is 1. The molecule has 1 N–H and O–H groups in total. The first-order valence-corrected chi connectivity index (χ1v) is 7.76. The zero-order valence-corrected chi connectivity index (χ0v) is 14.7. The molecule has 0 saturated carbocycles. The monoisotopic (exact) mass is 320 g/mol. The Morgan fingerprint density at radius 3 is 2.35 bits per heavy atom. The second-order valence-corrected chi connectivity index (χ2v) is 7.15. The number of hydrogen-bond acceptors (Lipinski definition) is 4. The molecule has 0 aliphatic carbocycles. The normalized spacial score (nSPS) is 12.8. The van der Waals surface area contributed by atoms with Gasteiger partial charge in [-0.05, 0) is 35.4 Å². The van der Waals surface area contributed by atoms with Crippen LogP contribution >= 0.6 is 0 Å². The molecule has 5 heteroatoms. The molecule has 0 fully saturated rings. The van der Waals surface area contributed by atoms with E-state index in [0.29, 0.717) is 5.75 Å². The molecule has 23 heavy (non-hydrogen) atoms. The van der Waals surface area contributed by atoms with E-state index in [1.54, 1.807) is 13.8 Å². The molecule has 0 spiro atoms. The van der Waals surface area contributed by atoms with Gasteiger partial charge in [0, 0.05) is 0 Å². The van der Waals surface area contributed by atoms with Gasteiger partial charge in [-0.15, -0.1) is 0 Å². The van der Waals surface area contributed by atoms with Gasteiger partial charge in [0.1, 0.15) is 5.75 Å². The predicted molar refractivity (Wildman–Crippen MR) is 87.1 cm³/mol. The van der Waals surface area contributed by atoms with Crippen molar-refractivity contribution in [2.24, 2.45) is 5.92 Å². The summed E-state index contributed by atoms with van der Waals surface area (Å²) >= 11 is 0. The van der Waals surface area contributed by atoms with Crippen LogP contribution in [0.5, 0.6) is 5.75 Å². The third-order valence-corrected chi connectivity index (χ3v) is 3.54. The maximum absolute atomic E-state index is 12.0. The third-order valence-electron chi connectivity index (χ3n) is 3.54. The van der Waals surface area contributed by atoms with Gasteiger partial charge in [0.05, 0.1) is 12.0 Å². The largest absolute Gasteiger partial charge is 0.548 e. The van der Waals surface area contributed by atoms with E-state index < -0.39 is 17.9 Å². The summed E-state index contributed by atoms with van der Waals surface area (Å²) in [4.78, 5) is 23.0. The highest BCUT2D eigenvalue weighted by molar-refractivity contribution is 5.83. The van der Waals surface area contributed by atoms with Crippen LogP contribution in [0, 0.1) is 12.8 Å². The summed E-state index contributed by atoms with van der Waals surface area (Å²) < 4.78 is 5.64. The van der Waals surface area contributed by atoms with Gasteiger partial charge in [0.25, 0.3) is 5.91 Å². The Hall–Kier alpha value is -2.04. The smallest absolute Gasteiger partial charge is 0.258 e. The van der Waals surface area contributed by atoms with E-state index in [4.69, 9.17) is 4.74 Å². The van der Waals surface area contributed by atoms with Crippen molar-refractivity contribution in [3.8, 4) is 5.75 Å². The average molecular weight is 320 g/mol. The highest BCUT2D eigenvalue weighted by Crippen LogP contribution is 2.32. The van der Waals surface area contributed by atoms with Gasteiger partial charge in [0.2, 0.25) is 0 Å². The first-order chi connectivity index (χ1) is 10.5. The Morgan fingerprint density at radius 2 is 1.87 bits per heavy atom. The number of hydrogen-bond donors (Lipinski definition) is 1. The van der Waals surface area contributed by atoms with Crippen molar-refractivity contribution in [2.75, 3.05) is 6.61 Å². The Kier molecular flexibility index (Phi) is 6.19. The molecule has 0 aliphatic heterocycles. The molecule has 1 atom stereocenters. The lowest BCUT2D eigenvalue weighted by atomic mass is 9.86. The van der Waals surface area contributed by atoms with Gasteiger partial charge >= 0.3 is 0 Å². The van der Waals surface area contributed by atoms with E-state index in [-0.39, 0.29) is 17.9 Å². The Morgan fingerprint density at radius 1 is 1.26 bits per heavy atom. The van der Waals surface area contributed by atoms with Gasteiger partial charge in [0.15, 0.2) is 6.61 Å². The molecule has 0 bridgehead atoms. The molecule has 0 aromatic heterocycles. The molecule has 0 saturated heterocycles. The molecule has 1 aromatic rings. The van der Waals surface area contributed by atoms with Crippen LogP contribution in [0.1, 0.15) is 45.7 Å². The summed E-state index contributed by atoms with van der Waals surface area (Å²) in [6.07, 6.45) is 0. The van der Waals surface area contributed by atoms with Crippen molar-refractivity contribution in [3.63, 3.8) is 0 Å². The minimum Gasteiger partial charge on any atom is -0.548 e. The summed E-state index contributed by atoms with van der Waals surface area (Å²) in [5, 5.41) is 13.4. The predicted octanol–water partition coefficient (Wildman–Crippen LogP) is 1.56. The number of carboxylic acid groups (broad SMARTS) is 1. The lowest BCUT2D eigenvalue weighted by molar-refractivity contribution is -0.309. The number of amides is 1. The zero-order valence-electron chi connectivity index (χ0n) is 14.7. The van der Waals surface area contributed by atoms with Crippen LogP contribution < -0.4 is 15.2 Å². The molecule has 0 heterocycles. The second kappa shape index (κ2) is 7.49. The lowest BCUT2D eigenvalue weighted by Gasteiger charge is -2.25. The first kappa shape index (κ1) is 19.0. The fourth-order valence-corrected chi connectivity index (χ4v) is 2.22. The van der Waals surface area contributed by atoms with E-state index >= 15 is 0 Å². The Bertz CT molecular complexity index is 573. The number of nitrogens with one attached hydrogen (secondary N) is 1. The minimum absolute atomic E-state index is 0.120. The SMILES string of the molecule is Cc1ccc(C(C)(C)C)c(OCC(=O)N[C@@H](C(=O)[O-])C(C)C)c1. The number of ether oxygens (including phenoxy) is 1. The van der Waals surface area contributed by atoms with E-state index in [0.717, 1.165) is 11.1 Å². The molecule has 1 rings (SSSR count). The summed E-state index contributed by atoms with van der Waals surface area (Å²) in [5.74, 6) is -1.39. The maximum Gasteiger partial charge on any atom is 0.258 e. The van der Waals surface area contributed by atoms with Crippen LogP contribution in [0.3, 0.4) is 0 Å². The fourth-order valence-electron chi connectivity index (χ4n) is 2.22. The fraction of sp³-hybridized carbons (Fsp3) is 0.556. The summed E-state index contributed by atoms with van der Waals surface area (Å²) in [5.41, 5.74) is 1.91. The van der Waals surface area contributed by atoms with Gasteiger partial charge in [-0.25, -0.2) is 0 Å². The third kappa shape index (κ3) is 5.58. The maximum atomic E-state index is 12.0. The molecule has 5 nitrogen and oxygen atoms in total. The van der Waals surface area contributed by atoms with Crippen molar-refractivity contribution in [3.05, 3.63) is 29.3 Å². The zero-order chi connectivity index (χ0) is 17.8. The quantitative estimate of drug-likeness (QED) is 0.863. The highest BCUT2D eigenvalue weighted by Gasteiger charge is 2.21. The second-order valence-electron chi connectivity index (χ2n) is 7.15. The molecule has 0 radical (unpaired) electrons. The summed E-state index contributed by atoms with van der Waals surface area (Å²) in [6, 6.07) is 4.84. The van der Waals surface area contributed by atoms with Crippen LogP contribution in [0.25, 0.3) is 0 Å². The molecule has 0 aliphatic rings. The first-order valence-electron chi connectivity index (χ1n) is 7.76. The van der Waals surface area contributed by atoms with Crippen LogP contribution in [0.4, 0.5) is 0 Å². The molecular formula is C18H26NO4-. The van der Waals surface area contributed by atoms with Crippen LogP contribution in [-0.4, -0.2) is 24.5 Å². The highest BCUT2D eigenvalue weighted by atomic mass is 16.5. The Labute approximate surface area is 138 Å². The molecule has 128 valence electrons. The molecule has 1 aromatic carbocycles. The number of benzene rings is 1. The van der Waals surface area contributed by atoms with Gasteiger partial charge in [-0.1, -0.05) is 46.8 Å². The minimum atomic E-state index is -1.29. The molecule has 1 amide bonds. The number of carbonyl (C=O) groups excluding carboxylic acids is 2. The van der Waals surface area contributed by atoms with Crippen LogP contribution in [0.15, 0.2) is 18.2 Å². The molecule has 0 unspecified atom stereocenters. The lowest BCUT2D eigenvalue weighted by Crippen LogP contribution is -2.51. The summed E-state index contributed by atoms with van der Waals surface area (Å²) in [7, 11) is 0. The number of carbonyl (C=O) groups is 2. The van der Waals surface area contributed by atoms with E-state index in [9.17, 15) is 14.7 Å². The van der Waals surface area contributed by atoms with Crippen molar-refractivity contribution in [1.29, 1.82) is 0 Å². The van der Waals surface area contributed by atoms with Gasteiger partial charge in [-0.2, -0.15) is 0 Å². The van der Waals surface area contributed by atoms with Crippen molar-refractivity contribution >= 4 is 11.9 Å². The standard InChI is InChI=1S/C18H27NO4/c1-11(2)16(17(21)22)19-15(20)10-23-14-9-12(3)7-8-13(14)18(4,5)6/h7-9,11,16H,10H2,1-6H3,(H,19,20)(H,21,22)/p-1/t16-/m1/s1. The van der Waals surface area contributed by atoms with Crippen molar-refractivity contribution in [2.45, 2.75) is 53.0 Å². The average Bonchev–Trinajstić information content (AvgIpc) is 2.40. The van der Waals surface area contributed by atoms with Crippen LogP contribution in [0.2, 0.25) is 0 Å². The number of carboxylic acids is 1. The van der Waals surface area contributed by atoms with Gasteiger partial charge < -0.3 is 20.0 Å². The molecular weight excluding hydrogens is 294 g/mol.